The van der Waals surface area contributed by atoms with Crippen LogP contribution in [-0.4, -0.2) is 80.6 Å². The second-order valence-electron chi connectivity index (χ2n) is 6.56. The summed E-state index contributed by atoms with van der Waals surface area (Å²) >= 11 is 0. The summed E-state index contributed by atoms with van der Waals surface area (Å²) in [5.41, 5.74) is 6.05. The number of carbonyl (C=O) groups excluding carboxylic acids is 2. The van der Waals surface area contributed by atoms with E-state index in [2.05, 4.69) is 10.2 Å². The van der Waals surface area contributed by atoms with Gasteiger partial charge in [0, 0.05) is 52.3 Å². The van der Waals surface area contributed by atoms with Crippen LogP contribution < -0.4 is 11.1 Å². The monoisotopic (exact) mass is 398 g/mol. The lowest BCUT2D eigenvalue weighted by Gasteiger charge is -2.35. The predicted octanol–water partition coefficient (Wildman–Crippen LogP) is 0.254. The van der Waals surface area contributed by atoms with Crippen molar-refractivity contribution in [1.29, 1.82) is 0 Å². The summed E-state index contributed by atoms with van der Waals surface area (Å²) in [7, 11) is 1.61. The number of nitrogens with zero attached hydrogens (tertiary/aromatic N) is 2. The summed E-state index contributed by atoms with van der Waals surface area (Å²) in [5.74, 6) is 0.586. The van der Waals surface area contributed by atoms with E-state index in [4.69, 9.17) is 10.5 Å². The van der Waals surface area contributed by atoms with Gasteiger partial charge in [-0.3, -0.25) is 14.5 Å². The van der Waals surface area contributed by atoms with Crippen molar-refractivity contribution in [2.75, 3.05) is 53.0 Å². The molecule has 2 amide bonds. The van der Waals surface area contributed by atoms with Gasteiger partial charge in [0.05, 0.1) is 13.2 Å². The highest BCUT2D eigenvalue weighted by molar-refractivity contribution is 5.85. The van der Waals surface area contributed by atoms with E-state index in [-0.39, 0.29) is 42.7 Å². The van der Waals surface area contributed by atoms with Crippen LogP contribution >= 0.6 is 24.8 Å². The van der Waals surface area contributed by atoms with Crippen molar-refractivity contribution in [3.63, 3.8) is 0 Å². The minimum Gasteiger partial charge on any atom is -0.383 e. The second kappa shape index (κ2) is 12.7. The summed E-state index contributed by atoms with van der Waals surface area (Å²) in [4.78, 5) is 28.1. The lowest BCUT2D eigenvalue weighted by molar-refractivity contribution is -0.134. The maximum absolute atomic E-state index is 12.4. The molecule has 1 aliphatic carbocycles. The third kappa shape index (κ3) is 8.09. The van der Waals surface area contributed by atoms with Crippen LogP contribution in [0.25, 0.3) is 0 Å². The molecular weight excluding hydrogens is 367 g/mol. The SMILES string of the molecule is COCCNC(=O)CN1CCN(C(=O)C[C@@H]2CCC[C@H]2N)CC1.Cl.Cl. The Bertz CT molecular complexity index is 407. The van der Waals surface area contributed by atoms with Crippen molar-refractivity contribution in [2.45, 2.75) is 31.7 Å². The van der Waals surface area contributed by atoms with E-state index in [1.54, 1.807) is 7.11 Å². The Morgan fingerprint density at radius 2 is 1.84 bits per heavy atom. The molecule has 7 nitrogen and oxygen atoms in total. The Labute approximate surface area is 162 Å². The molecule has 0 aromatic carbocycles. The van der Waals surface area contributed by atoms with E-state index in [1.807, 2.05) is 4.90 Å². The minimum absolute atomic E-state index is 0. The third-order valence-corrected chi connectivity index (χ3v) is 4.88. The number of hydrogen-bond acceptors (Lipinski definition) is 5. The number of nitrogens with two attached hydrogens (primary N) is 1. The molecule has 148 valence electrons. The van der Waals surface area contributed by atoms with Gasteiger partial charge in [0.25, 0.3) is 0 Å². The van der Waals surface area contributed by atoms with Gasteiger partial charge in [0.15, 0.2) is 0 Å². The molecule has 2 fully saturated rings. The molecule has 0 spiro atoms. The molecule has 2 aliphatic rings. The van der Waals surface area contributed by atoms with Crippen LogP contribution in [0, 0.1) is 5.92 Å². The molecule has 0 aromatic rings. The fourth-order valence-electron chi connectivity index (χ4n) is 3.38. The zero-order valence-corrected chi connectivity index (χ0v) is 16.6. The molecule has 25 heavy (non-hydrogen) atoms. The number of methoxy groups -OCH3 is 1. The first-order chi connectivity index (χ1) is 11.1. The van der Waals surface area contributed by atoms with E-state index >= 15 is 0 Å². The minimum atomic E-state index is 0. The lowest BCUT2D eigenvalue weighted by Crippen LogP contribution is -2.51. The van der Waals surface area contributed by atoms with Gasteiger partial charge in [-0.2, -0.15) is 0 Å². The lowest BCUT2D eigenvalue weighted by atomic mass is 9.99. The molecule has 0 aromatic heterocycles. The van der Waals surface area contributed by atoms with Crippen LogP contribution in [0.15, 0.2) is 0 Å². The van der Waals surface area contributed by atoms with Crippen LogP contribution in [0.5, 0.6) is 0 Å². The normalized spacial score (nSPS) is 23.5. The van der Waals surface area contributed by atoms with E-state index in [0.717, 1.165) is 32.4 Å². The van der Waals surface area contributed by atoms with Crippen LogP contribution in [0.4, 0.5) is 0 Å². The maximum Gasteiger partial charge on any atom is 0.234 e. The highest BCUT2D eigenvalue weighted by Crippen LogP contribution is 2.27. The zero-order valence-electron chi connectivity index (χ0n) is 14.9. The van der Waals surface area contributed by atoms with E-state index < -0.39 is 0 Å². The van der Waals surface area contributed by atoms with Crippen LogP contribution in [0.1, 0.15) is 25.7 Å². The van der Waals surface area contributed by atoms with E-state index in [1.165, 1.54) is 0 Å². The number of ether oxygens (including phenoxy) is 1. The van der Waals surface area contributed by atoms with Gasteiger partial charge >= 0.3 is 0 Å². The molecule has 9 heteroatoms. The van der Waals surface area contributed by atoms with E-state index in [9.17, 15) is 9.59 Å². The smallest absolute Gasteiger partial charge is 0.234 e. The standard InChI is InChI=1S/C16H30N4O3.2ClH/c1-23-10-5-18-15(21)12-19-6-8-20(9-7-19)16(22)11-13-3-2-4-14(13)17;;/h13-14H,2-12,17H2,1H3,(H,18,21);2*1H/t13-,14+;;/m0../s1. The number of hydrogen-bond donors (Lipinski definition) is 2. The average Bonchev–Trinajstić information content (AvgIpc) is 2.93. The molecule has 3 N–H and O–H groups in total. The predicted molar refractivity (Wildman–Crippen MR) is 102 cm³/mol. The Morgan fingerprint density at radius 3 is 2.40 bits per heavy atom. The zero-order chi connectivity index (χ0) is 16.7. The Kier molecular flexibility index (Phi) is 12.4. The molecule has 1 saturated heterocycles. The van der Waals surface area contributed by atoms with Crippen molar-refractivity contribution in [2.24, 2.45) is 11.7 Å². The number of halogens is 2. The topological polar surface area (TPSA) is 87.9 Å². The maximum atomic E-state index is 12.4. The summed E-state index contributed by atoms with van der Waals surface area (Å²) in [6, 6.07) is 0.191. The first kappa shape index (κ1) is 24.4. The van der Waals surface area contributed by atoms with Crippen molar-refractivity contribution >= 4 is 36.6 Å². The number of nitrogens with one attached hydrogen (secondary N) is 1. The van der Waals surface area contributed by atoms with Gasteiger partial charge in [-0.05, 0) is 18.8 Å². The van der Waals surface area contributed by atoms with Crippen LogP contribution in [0.3, 0.4) is 0 Å². The molecule has 2 rings (SSSR count). The molecule has 1 heterocycles. The van der Waals surface area contributed by atoms with Crippen molar-refractivity contribution < 1.29 is 14.3 Å². The van der Waals surface area contributed by atoms with Crippen molar-refractivity contribution in [3.05, 3.63) is 0 Å². The van der Waals surface area contributed by atoms with Gasteiger partial charge in [-0.25, -0.2) is 0 Å². The number of carbonyl (C=O) groups is 2. The van der Waals surface area contributed by atoms with E-state index in [0.29, 0.717) is 45.1 Å². The Hall–Kier alpha value is -0.600. The second-order valence-corrected chi connectivity index (χ2v) is 6.56. The van der Waals surface area contributed by atoms with Crippen LogP contribution in [-0.2, 0) is 14.3 Å². The molecule has 0 bridgehead atoms. The number of piperazine rings is 1. The highest BCUT2D eigenvalue weighted by atomic mass is 35.5. The fourth-order valence-corrected chi connectivity index (χ4v) is 3.38. The number of rotatable bonds is 7. The molecule has 2 atom stereocenters. The Balaban J connectivity index is 0.00000288. The van der Waals surface area contributed by atoms with Gasteiger partial charge in [-0.15, -0.1) is 24.8 Å². The largest absolute Gasteiger partial charge is 0.383 e. The number of amides is 2. The molecule has 0 unspecified atom stereocenters. The molecular formula is C16H32Cl2N4O3. The summed E-state index contributed by atoms with van der Waals surface area (Å²) < 4.78 is 4.90. The van der Waals surface area contributed by atoms with Gasteiger partial charge in [0.2, 0.25) is 11.8 Å². The fraction of sp³-hybridized carbons (Fsp3) is 0.875. The van der Waals surface area contributed by atoms with Gasteiger partial charge in [-0.1, -0.05) is 6.42 Å². The summed E-state index contributed by atoms with van der Waals surface area (Å²) in [5, 5.41) is 2.82. The van der Waals surface area contributed by atoms with Crippen molar-refractivity contribution in [3.8, 4) is 0 Å². The first-order valence-corrected chi connectivity index (χ1v) is 8.61. The Morgan fingerprint density at radius 1 is 1.16 bits per heavy atom. The van der Waals surface area contributed by atoms with Crippen LogP contribution in [0.2, 0.25) is 0 Å². The quantitative estimate of drug-likeness (QED) is 0.600. The van der Waals surface area contributed by atoms with Crippen molar-refractivity contribution in [1.82, 2.24) is 15.1 Å². The molecule has 0 radical (unpaired) electrons. The third-order valence-electron chi connectivity index (χ3n) is 4.88. The van der Waals surface area contributed by atoms with Gasteiger partial charge < -0.3 is 20.7 Å². The molecule has 1 saturated carbocycles. The average molecular weight is 399 g/mol. The highest BCUT2D eigenvalue weighted by Gasteiger charge is 2.29. The van der Waals surface area contributed by atoms with Gasteiger partial charge in [0.1, 0.15) is 0 Å². The summed E-state index contributed by atoms with van der Waals surface area (Å²) in [6.07, 6.45) is 3.85. The molecule has 1 aliphatic heterocycles. The first-order valence-electron chi connectivity index (χ1n) is 8.61. The summed E-state index contributed by atoms with van der Waals surface area (Å²) in [6.45, 7) is 4.35.